The molecule has 1 aliphatic heterocycles. The van der Waals surface area contributed by atoms with E-state index in [4.69, 9.17) is 9.47 Å². The van der Waals surface area contributed by atoms with Gasteiger partial charge in [-0.05, 0) is 36.8 Å². The molecule has 0 unspecified atom stereocenters. The van der Waals surface area contributed by atoms with Crippen LogP contribution in [0.3, 0.4) is 0 Å². The number of benzene rings is 2. The molecule has 0 saturated carbocycles. The summed E-state index contributed by atoms with van der Waals surface area (Å²) in [7, 11) is 1.12. The Labute approximate surface area is 214 Å². The van der Waals surface area contributed by atoms with E-state index in [1.807, 2.05) is 13.0 Å². The van der Waals surface area contributed by atoms with E-state index in [9.17, 15) is 32.8 Å². The molecule has 0 saturated heterocycles. The van der Waals surface area contributed by atoms with Crippen molar-refractivity contribution in [3.8, 4) is 11.8 Å². The topological polar surface area (TPSA) is 118 Å². The van der Waals surface area contributed by atoms with E-state index in [1.54, 1.807) is 24.3 Å². The number of allylic oxidation sites excluding steroid dienone is 1. The standard InChI is InChI=1S/C25H22F3N3O5S/c1-3-36-15-10-8-14(9-11-15)20-16(12-29)23(31-22(33)21(20)24(34)35-2)37-13-19(32)30-18-7-5-4-6-17(18)25(26,27)28/h4-11,20-21H,3,13H2,1-2H3,(H,30,32)(H,31,33)/t20-,21+/m0/s1. The van der Waals surface area contributed by atoms with Gasteiger partial charge >= 0.3 is 12.1 Å². The molecule has 0 fully saturated rings. The lowest BCUT2D eigenvalue weighted by atomic mass is 9.78. The van der Waals surface area contributed by atoms with Gasteiger partial charge in [0.05, 0.1) is 47.4 Å². The summed E-state index contributed by atoms with van der Waals surface area (Å²) in [5.41, 5.74) is -0.951. The number of carbonyl (C=O) groups excluding carboxylic acids is 3. The van der Waals surface area contributed by atoms with E-state index in [0.717, 1.165) is 31.0 Å². The van der Waals surface area contributed by atoms with Gasteiger partial charge in [-0.3, -0.25) is 14.4 Å². The summed E-state index contributed by atoms with van der Waals surface area (Å²) in [6, 6.07) is 13.0. The molecule has 0 bridgehead atoms. The Kier molecular flexibility index (Phi) is 8.83. The number of methoxy groups -OCH3 is 1. The van der Waals surface area contributed by atoms with Crippen molar-refractivity contribution >= 4 is 35.2 Å². The molecule has 2 aromatic rings. The van der Waals surface area contributed by atoms with Crippen molar-refractivity contribution in [3.05, 3.63) is 70.3 Å². The largest absolute Gasteiger partial charge is 0.494 e. The van der Waals surface area contributed by atoms with Gasteiger partial charge in [-0.25, -0.2) is 0 Å². The van der Waals surface area contributed by atoms with Crippen molar-refractivity contribution in [1.29, 1.82) is 5.26 Å². The normalized spacial score (nSPS) is 17.5. The highest BCUT2D eigenvalue weighted by atomic mass is 32.2. The van der Waals surface area contributed by atoms with Crippen molar-refractivity contribution < 1.29 is 37.0 Å². The second-order valence-corrected chi connectivity index (χ2v) is 8.69. The number of amides is 2. The second-order valence-electron chi connectivity index (χ2n) is 7.70. The van der Waals surface area contributed by atoms with Gasteiger partial charge in [-0.2, -0.15) is 18.4 Å². The van der Waals surface area contributed by atoms with Crippen LogP contribution in [0.1, 0.15) is 24.0 Å². The second kappa shape index (κ2) is 11.8. The number of hydrogen-bond acceptors (Lipinski definition) is 7. The predicted molar refractivity (Wildman–Crippen MR) is 129 cm³/mol. The van der Waals surface area contributed by atoms with Crippen LogP contribution in [-0.2, 0) is 25.3 Å². The highest BCUT2D eigenvalue weighted by molar-refractivity contribution is 8.03. The first-order valence-electron chi connectivity index (χ1n) is 10.9. The van der Waals surface area contributed by atoms with Gasteiger partial charge in [0.25, 0.3) is 0 Å². The smallest absolute Gasteiger partial charge is 0.418 e. The van der Waals surface area contributed by atoms with Crippen molar-refractivity contribution in [2.24, 2.45) is 5.92 Å². The number of thioether (sulfide) groups is 1. The number of hydrogen-bond donors (Lipinski definition) is 2. The third-order valence-electron chi connectivity index (χ3n) is 5.39. The first-order valence-corrected chi connectivity index (χ1v) is 11.9. The molecule has 1 heterocycles. The third kappa shape index (κ3) is 6.42. The molecule has 37 heavy (non-hydrogen) atoms. The van der Waals surface area contributed by atoms with Crippen LogP contribution in [0.2, 0.25) is 0 Å². The SMILES string of the molecule is CCOc1ccc([C@H]2C(C#N)=C(SCC(=O)Nc3ccccc3C(F)(F)F)NC(=O)[C@@H]2C(=O)OC)cc1. The minimum atomic E-state index is -4.67. The molecule has 194 valence electrons. The van der Waals surface area contributed by atoms with Crippen LogP contribution in [-0.4, -0.2) is 37.3 Å². The summed E-state index contributed by atoms with van der Waals surface area (Å²) in [6.45, 7) is 2.24. The van der Waals surface area contributed by atoms with E-state index in [2.05, 4.69) is 10.6 Å². The first-order chi connectivity index (χ1) is 17.6. The van der Waals surface area contributed by atoms with Gasteiger partial charge in [0.1, 0.15) is 11.7 Å². The number of esters is 1. The van der Waals surface area contributed by atoms with Crippen LogP contribution in [0.25, 0.3) is 0 Å². The van der Waals surface area contributed by atoms with Gasteiger partial charge in [-0.1, -0.05) is 36.0 Å². The minimum absolute atomic E-state index is 0.00708. The van der Waals surface area contributed by atoms with Crippen LogP contribution in [0.4, 0.5) is 18.9 Å². The first kappa shape index (κ1) is 27.6. The van der Waals surface area contributed by atoms with E-state index in [0.29, 0.717) is 17.9 Å². The zero-order valence-electron chi connectivity index (χ0n) is 19.7. The fourth-order valence-corrected chi connectivity index (χ4v) is 4.63. The number of para-hydroxylation sites is 1. The number of alkyl halides is 3. The monoisotopic (exact) mass is 533 g/mol. The molecule has 2 aromatic carbocycles. The van der Waals surface area contributed by atoms with Crippen molar-refractivity contribution in [2.75, 3.05) is 24.8 Å². The van der Waals surface area contributed by atoms with E-state index < -0.39 is 52.8 Å². The van der Waals surface area contributed by atoms with E-state index >= 15 is 0 Å². The van der Waals surface area contributed by atoms with Crippen LogP contribution in [0.15, 0.2) is 59.1 Å². The molecular formula is C25H22F3N3O5S. The molecule has 1 aliphatic rings. The quantitative estimate of drug-likeness (QED) is 0.386. The lowest BCUT2D eigenvalue weighted by Gasteiger charge is -2.31. The maximum atomic E-state index is 13.2. The molecule has 0 spiro atoms. The Morgan fingerprint density at radius 2 is 1.84 bits per heavy atom. The Bertz CT molecular complexity index is 1260. The van der Waals surface area contributed by atoms with Gasteiger partial charge in [0.2, 0.25) is 11.8 Å². The van der Waals surface area contributed by atoms with Crippen LogP contribution < -0.4 is 15.4 Å². The maximum absolute atomic E-state index is 13.2. The summed E-state index contributed by atoms with van der Waals surface area (Å²) in [5, 5.41) is 14.6. The van der Waals surface area contributed by atoms with Crippen LogP contribution in [0.5, 0.6) is 5.75 Å². The van der Waals surface area contributed by atoms with Crippen LogP contribution >= 0.6 is 11.8 Å². The number of nitrogens with zero attached hydrogens (tertiary/aromatic N) is 1. The highest BCUT2D eigenvalue weighted by Crippen LogP contribution is 2.41. The van der Waals surface area contributed by atoms with E-state index in [1.165, 1.54) is 12.1 Å². The van der Waals surface area contributed by atoms with Crippen molar-refractivity contribution in [1.82, 2.24) is 5.32 Å². The molecule has 3 rings (SSSR count). The van der Waals surface area contributed by atoms with Gasteiger partial charge < -0.3 is 20.1 Å². The Balaban J connectivity index is 1.89. The number of ether oxygens (including phenoxy) is 2. The molecule has 8 nitrogen and oxygen atoms in total. The zero-order valence-corrected chi connectivity index (χ0v) is 20.5. The Hall–Kier alpha value is -3.98. The molecule has 2 atom stereocenters. The highest BCUT2D eigenvalue weighted by Gasteiger charge is 2.44. The Morgan fingerprint density at radius 1 is 1.16 bits per heavy atom. The summed E-state index contributed by atoms with van der Waals surface area (Å²) in [4.78, 5) is 37.8. The minimum Gasteiger partial charge on any atom is -0.494 e. The van der Waals surface area contributed by atoms with Gasteiger partial charge in [-0.15, -0.1) is 0 Å². The number of halogens is 3. The molecule has 0 aromatic heterocycles. The number of rotatable bonds is 8. The molecule has 2 N–H and O–H groups in total. The lowest BCUT2D eigenvalue weighted by Crippen LogP contribution is -2.44. The predicted octanol–water partition coefficient (Wildman–Crippen LogP) is 4.21. The summed E-state index contributed by atoms with van der Waals surface area (Å²) < 4.78 is 49.9. The van der Waals surface area contributed by atoms with Gasteiger partial charge in [0, 0.05) is 5.92 Å². The van der Waals surface area contributed by atoms with Crippen molar-refractivity contribution in [2.45, 2.75) is 19.0 Å². The summed E-state index contributed by atoms with van der Waals surface area (Å²) in [5.74, 6) is -4.62. The molecule has 12 heteroatoms. The number of nitrogens with one attached hydrogen (secondary N) is 2. The molecule has 0 aliphatic carbocycles. The Morgan fingerprint density at radius 3 is 2.43 bits per heavy atom. The number of anilines is 1. The number of carbonyl (C=O) groups is 3. The average molecular weight is 534 g/mol. The third-order valence-corrected chi connectivity index (χ3v) is 6.41. The molecular weight excluding hydrogens is 511 g/mol. The maximum Gasteiger partial charge on any atom is 0.418 e. The molecule has 2 amide bonds. The van der Waals surface area contributed by atoms with Crippen LogP contribution in [0, 0.1) is 17.2 Å². The number of nitriles is 1. The van der Waals surface area contributed by atoms with E-state index in [-0.39, 0.29) is 10.6 Å². The zero-order chi connectivity index (χ0) is 27.2. The average Bonchev–Trinajstić information content (AvgIpc) is 2.87. The summed E-state index contributed by atoms with van der Waals surface area (Å²) >= 11 is 0.761. The molecule has 0 radical (unpaired) electrons. The van der Waals surface area contributed by atoms with Crippen molar-refractivity contribution in [3.63, 3.8) is 0 Å². The van der Waals surface area contributed by atoms with Gasteiger partial charge in [0.15, 0.2) is 0 Å². The lowest BCUT2D eigenvalue weighted by molar-refractivity contribution is -0.150. The summed E-state index contributed by atoms with van der Waals surface area (Å²) in [6.07, 6.45) is -4.67. The fourth-order valence-electron chi connectivity index (χ4n) is 3.78. The fraction of sp³-hybridized carbons (Fsp3) is 0.280.